The van der Waals surface area contributed by atoms with Gasteiger partial charge in [-0.25, -0.2) is 0 Å². The van der Waals surface area contributed by atoms with Gasteiger partial charge in [-0.1, -0.05) is 12.1 Å². The van der Waals surface area contributed by atoms with Crippen molar-refractivity contribution in [1.82, 2.24) is 4.90 Å². The number of hydrogen-bond acceptors (Lipinski definition) is 4. The molecule has 1 aromatic carbocycles. The van der Waals surface area contributed by atoms with Gasteiger partial charge in [-0.05, 0) is 50.8 Å². The van der Waals surface area contributed by atoms with E-state index in [0.29, 0.717) is 13.1 Å². The maximum Gasteiger partial charge on any atom is 0.251 e. The highest BCUT2D eigenvalue weighted by atomic mass is 16.5. The highest BCUT2D eigenvalue weighted by molar-refractivity contribution is 5.81. The van der Waals surface area contributed by atoms with Gasteiger partial charge in [-0.15, -0.1) is 0 Å². The fraction of sp³-hybridized carbons (Fsp3) is 0.611. The monoisotopic (exact) mass is 320 g/mol. The molecule has 0 spiro atoms. The maximum absolute atomic E-state index is 12.7. The summed E-state index contributed by atoms with van der Waals surface area (Å²) in [4.78, 5) is 14.6. The smallest absolute Gasteiger partial charge is 0.251 e. The second-order valence-electron chi connectivity index (χ2n) is 6.09. The number of amides is 1. The van der Waals surface area contributed by atoms with Gasteiger partial charge in [0.1, 0.15) is 11.9 Å². The van der Waals surface area contributed by atoms with Crippen LogP contribution in [0.25, 0.3) is 0 Å². The molecule has 0 aliphatic carbocycles. The summed E-state index contributed by atoms with van der Waals surface area (Å²) in [5, 5.41) is 0. The molecule has 0 aromatic heterocycles. The van der Waals surface area contributed by atoms with Crippen LogP contribution in [0.1, 0.15) is 32.3 Å². The second kappa shape index (κ2) is 8.31. The summed E-state index contributed by atoms with van der Waals surface area (Å²) in [6.07, 6.45) is 2.15. The largest absolute Gasteiger partial charge is 0.497 e. The number of nitrogens with zero attached hydrogens (tertiary/aromatic N) is 1. The molecule has 2 N–H and O–H groups in total. The van der Waals surface area contributed by atoms with E-state index in [2.05, 4.69) is 6.92 Å². The first-order valence-corrected chi connectivity index (χ1v) is 8.38. The Morgan fingerprint density at radius 2 is 2.09 bits per heavy atom. The molecule has 1 aliphatic heterocycles. The van der Waals surface area contributed by atoms with Crippen LogP contribution in [-0.4, -0.2) is 49.3 Å². The van der Waals surface area contributed by atoms with E-state index in [9.17, 15) is 4.79 Å². The van der Waals surface area contributed by atoms with E-state index in [1.54, 1.807) is 7.11 Å². The summed E-state index contributed by atoms with van der Waals surface area (Å²) in [6, 6.07) is 8.12. The number of rotatable bonds is 7. The molecule has 3 atom stereocenters. The Morgan fingerprint density at radius 1 is 1.39 bits per heavy atom. The minimum atomic E-state index is -0.332. The molecule has 2 rings (SSSR count). The number of benzene rings is 1. The minimum absolute atomic E-state index is 0.0274. The zero-order chi connectivity index (χ0) is 16.8. The number of nitrogens with two attached hydrogens (primary N) is 1. The molecule has 5 nitrogen and oxygen atoms in total. The van der Waals surface area contributed by atoms with Crippen LogP contribution >= 0.6 is 0 Å². The number of carbonyl (C=O) groups is 1. The predicted octanol–water partition coefficient (Wildman–Crippen LogP) is 1.98. The Hall–Kier alpha value is -1.59. The van der Waals surface area contributed by atoms with Gasteiger partial charge in [0.25, 0.3) is 5.91 Å². The molecule has 1 fully saturated rings. The fourth-order valence-electron chi connectivity index (χ4n) is 3.14. The Labute approximate surface area is 138 Å². The first kappa shape index (κ1) is 17.8. The Bertz CT molecular complexity index is 503. The van der Waals surface area contributed by atoms with Gasteiger partial charge in [0.2, 0.25) is 0 Å². The Balaban J connectivity index is 1.97. The lowest BCUT2D eigenvalue weighted by Gasteiger charge is -2.30. The van der Waals surface area contributed by atoms with Gasteiger partial charge < -0.3 is 20.1 Å². The van der Waals surface area contributed by atoms with Crippen molar-refractivity contribution in [2.75, 3.05) is 20.2 Å². The molecule has 1 aliphatic rings. The number of likely N-dealkylation sites (N-methyl/N-ethyl adjacent to an activating group) is 1. The summed E-state index contributed by atoms with van der Waals surface area (Å²) in [5.41, 5.74) is 6.82. The van der Waals surface area contributed by atoms with Gasteiger partial charge in [0.05, 0.1) is 13.2 Å². The van der Waals surface area contributed by atoms with E-state index < -0.39 is 0 Å². The average molecular weight is 320 g/mol. The molecule has 1 amide bonds. The molecule has 0 bridgehead atoms. The molecular weight excluding hydrogens is 292 g/mol. The first-order valence-electron chi connectivity index (χ1n) is 8.38. The maximum atomic E-state index is 12.7. The zero-order valence-corrected chi connectivity index (χ0v) is 14.3. The summed E-state index contributed by atoms with van der Waals surface area (Å²) in [7, 11) is 1.66. The van der Waals surface area contributed by atoms with Crippen LogP contribution in [0.15, 0.2) is 24.3 Å². The lowest BCUT2D eigenvalue weighted by atomic mass is 10.0. The van der Waals surface area contributed by atoms with Crippen LogP contribution in [0.2, 0.25) is 0 Å². The second-order valence-corrected chi connectivity index (χ2v) is 6.09. The SMILES string of the molecule is CCN(C(=O)[C@@H]1CC[C@H](CN)O1)C(C)Cc1ccc(OC)cc1. The lowest BCUT2D eigenvalue weighted by Crippen LogP contribution is -2.45. The topological polar surface area (TPSA) is 64.8 Å². The average Bonchev–Trinajstić information content (AvgIpc) is 3.05. The molecule has 23 heavy (non-hydrogen) atoms. The minimum Gasteiger partial charge on any atom is -0.497 e. The highest BCUT2D eigenvalue weighted by Crippen LogP contribution is 2.22. The fourth-order valence-corrected chi connectivity index (χ4v) is 3.14. The third kappa shape index (κ3) is 4.45. The van der Waals surface area contributed by atoms with Gasteiger partial charge >= 0.3 is 0 Å². The van der Waals surface area contributed by atoms with Crippen molar-refractivity contribution >= 4 is 5.91 Å². The van der Waals surface area contributed by atoms with Crippen molar-refractivity contribution in [3.05, 3.63) is 29.8 Å². The molecule has 1 heterocycles. The number of hydrogen-bond donors (Lipinski definition) is 1. The number of ether oxygens (including phenoxy) is 2. The Kier molecular flexibility index (Phi) is 6.42. The number of methoxy groups -OCH3 is 1. The Morgan fingerprint density at radius 3 is 2.61 bits per heavy atom. The third-order valence-electron chi connectivity index (χ3n) is 4.49. The standard InChI is InChI=1S/C18H28N2O3/c1-4-20(18(21)17-10-9-16(12-19)23-17)13(2)11-14-5-7-15(22-3)8-6-14/h5-8,13,16-17H,4,9-12,19H2,1-3H3/t13?,16-,17+/m1/s1. The molecule has 0 radical (unpaired) electrons. The normalized spacial score (nSPS) is 21.9. The highest BCUT2D eigenvalue weighted by Gasteiger charge is 2.33. The van der Waals surface area contributed by atoms with Gasteiger partial charge in [0.15, 0.2) is 0 Å². The summed E-state index contributed by atoms with van der Waals surface area (Å²) in [5.74, 6) is 0.932. The summed E-state index contributed by atoms with van der Waals surface area (Å²) >= 11 is 0. The molecule has 1 unspecified atom stereocenters. The number of carbonyl (C=O) groups excluding carboxylic acids is 1. The molecule has 1 saturated heterocycles. The van der Waals surface area contributed by atoms with Crippen LogP contribution < -0.4 is 10.5 Å². The molecule has 0 saturated carbocycles. The van der Waals surface area contributed by atoms with Crippen molar-refractivity contribution in [3.8, 4) is 5.75 Å². The van der Waals surface area contributed by atoms with Gasteiger partial charge in [-0.3, -0.25) is 4.79 Å². The summed E-state index contributed by atoms with van der Waals surface area (Å²) < 4.78 is 10.9. The molecule has 5 heteroatoms. The lowest BCUT2D eigenvalue weighted by molar-refractivity contribution is -0.144. The summed E-state index contributed by atoms with van der Waals surface area (Å²) in [6.45, 7) is 5.26. The first-order chi connectivity index (χ1) is 11.1. The van der Waals surface area contributed by atoms with Crippen molar-refractivity contribution in [2.45, 2.75) is 51.4 Å². The van der Waals surface area contributed by atoms with E-state index in [-0.39, 0.29) is 24.2 Å². The van der Waals surface area contributed by atoms with Crippen LogP contribution in [-0.2, 0) is 16.0 Å². The van der Waals surface area contributed by atoms with Gasteiger partial charge in [0, 0.05) is 19.1 Å². The molecular formula is C18H28N2O3. The van der Waals surface area contributed by atoms with E-state index in [1.165, 1.54) is 5.56 Å². The van der Waals surface area contributed by atoms with Crippen LogP contribution in [0.3, 0.4) is 0 Å². The zero-order valence-electron chi connectivity index (χ0n) is 14.3. The van der Waals surface area contributed by atoms with Crippen molar-refractivity contribution in [1.29, 1.82) is 0 Å². The van der Waals surface area contributed by atoms with E-state index >= 15 is 0 Å². The van der Waals surface area contributed by atoms with Crippen molar-refractivity contribution < 1.29 is 14.3 Å². The van der Waals surface area contributed by atoms with E-state index in [1.807, 2.05) is 36.1 Å². The van der Waals surface area contributed by atoms with Crippen LogP contribution in [0, 0.1) is 0 Å². The van der Waals surface area contributed by atoms with Gasteiger partial charge in [-0.2, -0.15) is 0 Å². The van der Waals surface area contributed by atoms with Crippen molar-refractivity contribution in [2.24, 2.45) is 5.73 Å². The van der Waals surface area contributed by atoms with Crippen LogP contribution in [0.4, 0.5) is 0 Å². The van der Waals surface area contributed by atoms with Crippen molar-refractivity contribution in [3.63, 3.8) is 0 Å². The van der Waals surface area contributed by atoms with E-state index in [0.717, 1.165) is 25.0 Å². The van der Waals surface area contributed by atoms with E-state index in [4.69, 9.17) is 15.2 Å². The quantitative estimate of drug-likeness (QED) is 0.834. The third-order valence-corrected chi connectivity index (χ3v) is 4.49. The predicted molar refractivity (Wildman–Crippen MR) is 90.5 cm³/mol. The molecule has 128 valence electrons. The van der Waals surface area contributed by atoms with Crippen LogP contribution in [0.5, 0.6) is 5.75 Å². The molecule has 1 aromatic rings.